The molecule has 0 saturated carbocycles. The number of nitrogens with two attached hydrogens (primary N) is 2. The molecule has 1 aliphatic rings. The molecule has 3 aromatic rings. The number of esters is 1. The van der Waals surface area contributed by atoms with Crippen molar-refractivity contribution in [1.29, 1.82) is 5.41 Å². The maximum Gasteiger partial charge on any atom is 0.343 e. The number of rotatable bonds is 13. The molecule has 0 aliphatic carbocycles. The molecule has 0 bridgehead atoms. The molecule has 40 heavy (non-hydrogen) atoms. The first-order valence-corrected chi connectivity index (χ1v) is 13.2. The Morgan fingerprint density at radius 3 is 2.50 bits per heavy atom. The highest BCUT2D eigenvalue weighted by atomic mass is 16.5. The van der Waals surface area contributed by atoms with Gasteiger partial charge in [0.25, 0.3) is 0 Å². The van der Waals surface area contributed by atoms with E-state index in [2.05, 4.69) is 20.7 Å². The minimum absolute atomic E-state index is 0.0659. The van der Waals surface area contributed by atoms with Crippen LogP contribution in [0.5, 0.6) is 5.75 Å². The van der Waals surface area contributed by atoms with Crippen LogP contribution in [-0.4, -0.2) is 68.3 Å². The highest BCUT2D eigenvalue weighted by Gasteiger charge is 2.17. The minimum Gasteiger partial charge on any atom is -0.423 e. The van der Waals surface area contributed by atoms with Crippen molar-refractivity contribution >= 4 is 40.5 Å². The van der Waals surface area contributed by atoms with Crippen LogP contribution in [0, 0.1) is 5.41 Å². The molecule has 1 amide bonds. The molecule has 1 saturated heterocycles. The highest BCUT2D eigenvalue weighted by Crippen LogP contribution is 2.30. The highest BCUT2D eigenvalue weighted by molar-refractivity contribution is 6.01. The monoisotopic (exact) mass is 545 g/mol. The van der Waals surface area contributed by atoms with Crippen LogP contribution in [0.15, 0.2) is 59.6 Å². The number of aliphatic imine (C=N–C) groups is 1. The Balaban J connectivity index is 1.29. The summed E-state index contributed by atoms with van der Waals surface area (Å²) in [7, 11) is 0. The number of hydrazine groups is 1. The molecule has 1 aliphatic heterocycles. The Morgan fingerprint density at radius 2 is 1.77 bits per heavy atom. The van der Waals surface area contributed by atoms with Crippen molar-refractivity contribution in [2.45, 2.75) is 19.3 Å². The lowest BCUT2D eigenvalue weighted by Crippen LogP contribution is -2.37. The molecule has 4 rings (SSSR count). The molecule has 0 radical (unpaired) electrons. The summed E-state index contributed by atoms with van der Waals surface area (Å²) in [6.45, 7) is 5.59. The average molecular weight is 546 g/mol. The van der Waals surface area contributed by atoms with Gasteiger partial charge in [0.1, 0.15) is 17.9 Å². The van der Waals surface area contributed by atoms with Crippen molar-refractivity contribution < 1.29 is 19.1 Å². The van der Waals surface area contributed by atoms with Gasteiger partial charge in [-0.2, -0.15) is 0 Å². The van der Waals surface area contributed by atoms with Gasteiger partial charge < -0.3 is 26.4 Å². The SMILES string of the molecule is N=C(N)c1ccc2c(CC(N)=O)c(OC(=O)c3ccc(N=CNNCCCCN4CCOCC4)cc3)ccc2c1. The fourth-order valence-electron chi connectivity index (χ4n) is 4.43. The van der Waals surface area contributed by atoms with E-state index in [0.29, 0.717) is 27.8 Å². The maximum atomic E-state index is 12.9. The third-order valence-electron chi connectivity index (χ3n) is 6.57. The van der Waals surface area contributed by atoms with Crippen LogP contribution in [0.3, 0.4) is 0 Å². The number of benzene rings is 3. The van der Waals surface area contributed by atoms with E-state index in [4.69, 9.17) is 26.4 Å². The molecule has 11 nitrogen and oxygen atoms in total. The van der Waals surface area contributed by atoms with Gasteiger partial charge in [-0.15, -0.1) is 0 Å². The van der Waals surface area contributed by atoms with Crippen LogP contribution in [0.4, 0.5) is 5.69 Å². The van der Waals surface area contributed by atoms with Gasteiger partial charge in [0.2, 0.25) is 5.91 Å². The van der Waals surface area contributed by atoms with Crippen LogP contribution in [0.25, 0.3) is 10.8 Å². The fraction of sp³-hybridized carbons (Fsp3) is 0.310. The number of primary amides is 1. The van der Waals surface area contributed by atoms with E-state index in [1.807, 2.05) is 0 Å². The standard InChI is InChI=1S/C29H35N7O4/c30-27(37)18-25-24-9-5-22(28(31)32)17-21(24)6-10-26(25)40-29(38)20-3-7-23(8-4-20)33-19-35-34-11-1-2-12-36-13-15-39-16-14-36/h3-10,17,19,34H,1-2,11-16,18H2,(H2,30,37)(H3,31,32)(H,33,35). The molecule has 210 valence electrons. The number of amidine groups is 1. The Hall–Kier alpha value is -4.32. The number of nitrogen functional groups attached to an aromatic ring is 1. The second-order valence-corrected chi connectivity index (χ2v) is 9.46. The first-order chi connectivity index (χ1) is 19.4. The first kappa shape index (κ1) is 28.7. The first-order valence-electron chi connectivity index (χ1n) is 13.2. The van der Waals surface area contributed by atoms with Crippen molar-refractivity contribution in [2.75, 3.05) is 39.4 Å². The Labute approximate surface area is 233 Å². The summed E-state index contributed by atoms with van der Waals surface area (Å²) in [5.41, 5.74) is 19.2. The molecule has 0 spiro atoms. The smallest absolute Gasteiger partial charge is 0.343 e. The third-order valence-corrected chi connectivity index (χ3v) is 6.57. The van der Waals surface area contributed by atoms with Gasteiger partial charge in [0.15, 0.2) is 0 Å². The van der Waals surface area contributed by atoms with Crippen molar-refractivity contribution in [2.24, 2.45) is 16.5 Å². The minimum atomic E-state index is -0.571. The predicted molar refractivity (Wildman–Crippen MR) is 155 cm³/mol. The molecule has 1 fully saturated rings. The number of carbonyl (C=O) groups excluding carboxylic acids is 2. The normalized spacial score (nSPS) is 13.9. The van der Waals surface area contributed by atoms with Crippen molar-refractivity contribution in [3.8, 4) is 5.75 Å². The van der Waals surface area contributed by atoms with E-state index < -0.39 is 11.9 Å². The van der Waals surface area contributed by atoms with Gasteiger partial charge in [0.05, 0.1) is 30.9 Å². The summed E-state index contributed by atoms with van der Waals surface area (Å²) in [5.74, 6) is -0.949. The van der Waals surface area contributed by atoms with Crippen molar-refractivity contribution in [3.63, 3.8) is 0 Å². The van der Waals surface area contributed by atoms with Crippen molar-refractivity contribution in [3.05, 3.63) is 71.3 Å². The van der Waals surface area contributed by atoms with E-state index in [9.17, 15) is 9.59 Å². The number of amides is 1. The quantitative estimate of drug-likeness (QED) is 0.0544. The number of ether oxygens (including phenoxy) is 2. The summed E-state index contributed by atoms with van der Waals surface area (Å²) < 4.78 is 11.0. The predicted octanol–water partition coefficient (Wildman–Crippen LogP) is 2.24. The number of hydrogen-bond donors (Lipinski definition) is 5. The Kier molecular flexibility index (Phi) is 10.2. The molecule has 7 N–H and O–H groups in total. The second kappa shape index (κ2) is 14.2. The number of nitrogens with zero attached hydrogens (tertiary/aromatic N) is 2. The van der Waals surface area contributed by atoms with E-state index in [0.717, 1.165) is 57.6 Å². The zero-order valence-electron chi connectivity index (χ0n) is 22.3. The van der Waals surface area contributed by atoms with Gasteiger partial charge >= 0.3 is 5.97 Å². The Morgan fingerprint density at radius 1 is 1.02 bits per heavy atom. The Bertz CT molecular complexity index is 1370. The molecule has 11 heteroatoms. The molecule has 0 aromatic heterocycles. The number of hydrogen-bond acceptors (Lipinski definition) is 8. The fourth-order valence-corrected chi connectivity index (χ4v) is 4.43. The summed E-state index contributed by atoms with van der Waals surface area (Å²) in [6.07, 6.45) is 3.63. The second-order valence-electron chi connectivity index (χ2n) is 9.46. The zero-order chi connectivity index (χ0) is 28.3. The van der Waals surface area contributed by atoms with E-state index in [1.165, 1.54) is 0 Å². The summed E-state index contributed by atoms with van der Waals surface area (Å²) in [6, 6.07) is 15.2. The van der Waals surface area contributed by atoms with Crippen LogP contribution in [0.2, 0.25) is 0 Å². The molecule has 3 aromatic carbocycles. The van der Waals surface area contributed by atoms with Crippen LogP contribution in [0.1, 0.15) is 34.3 Å². The number of fused-ring (bicyclic) bond motifs is 1. The van der Waals surface area contributed by atoms with E-state index in [-0.39, 0.29) is 18.0 Å². The summed E-state index contributed by atoms with van der Waals surface area (Å²) in [5, 5.41) is 9.09. The number of carbonyl (C=O) groups is 2. The van der Waals surface area contributed by atoms with E-state index >= 15 is 0 Å². The number of nitrogens with one attached hydrogen (secondary N) is 3. The van der Waals surface area contributed by atoms with Crippen LogP contribution < -0.4 is 27.1 Å². The van der Waals surface area contributed by atoms with Gasteiger partial charge in [-0.05, 0) is 66.6 Å². The van der Waals surface area contributed by atoms with E-state index in [1.54, 1.807) is 60.9 Å². The van der Waals surface area contributed by atoms with Crippen molar-refractivity contribution in [1.82, 2.24) is 15.8 Å². The van der Waals surface area contributed by atoms with Crippen LogP contribution in [-0.2, 0) is 16.0 Å². The topological polar surface area (TPSA) is 168 Å². The molecule has 1 heterocycles. The summed E-state index contributed by atoms with van der Waals surface area (Å²) >= 11 is 0. The van der Waals surface area contributed by atoms with Gasteiger partial charge in [-0.3, -0.25) is 15.1 Å². The number of unbranched alkanes of at least 4 members (excludes halogenated alkanes) is 1. The number of morpholine rings is 1. The molecule has 0 unspecified atom stereocenters. The molecular formula is C29H35N7O4. The molecular weight excluding hydrogens is 510 g/mol. The lowest BCUT2D eigenvalue weighted by atomic mass is 9.98. The van der Waals surface area contributed by atoms with Crippen LogP contribution >= 0.6 is 0 Å². The lowest BCUT2D eigenvalue weighted by molar-refractivity contribution is -0.117. The maximum absolute atomic E-state index is 12.9. The molecule has 0 atom stereocenters. The third kappa shape index (κ3) is 8.09. The lowest BCUT2D eigenvalue weighted by Gasteiger charge is -2.26. The zero-order valence-corrected chi connectivity index (χ0v) is 22.3. The summed E-state index contributed by atoms with van der Waals surface area (Å²) in [4.78, 5) is 31.4. The van der Waals surface area contributed by atoms with Gasteiger partial charge in [0, 0.05) is 30.8 Å². The largest absolute Gasteiger partial charge is 0.423 e. The average Bonchev–Trinajstić information content (AvgIpc) is 2.96. The van der Waals surface area contributed by atoms with Gasteiger partial charge in [-0.25, -0.2) is 15.2 Å². The van der Waals surface area contributed by atoms with Gasteiger partial charge in [-0.1, -0.05) is 18.2 Å².